The fraction of sp³-hybridized carbons (Fsp3) is 0.455. The summed E-state index contributed by atoms with van der Waals surface area (Å²) >= 11 is 0. The molecule has 1 aromatic heterocycles. The van der Waals surface area contributed by atoms with Crippen LogP contribution in [-0.2, 0) is 27.3 Å². The van der Waals surface area contributed by atoms with E-state index in [-0.39, 0.29) is 24.4 Å². The van der Waals surface area contributed by atoms with Crippen LogP contribution in [0.5, 0.6) is 0 Å². The highest BCUT2D eigenvalue weighted by Gasteiger charge is 2.38. The van der Waals surface area contributed by atoms with Gasteiger partial charge in [-0.1, -0.05) is 36.4 Å². The van der Waals surface area contributed by atoms with Crippen molar-refractivity contribution in [3.63, 3.8) is 0 Å². The number of carbonyl (C=O) groups is 4. The molecule has 0 bridgehead atoms. The molecule has 2 aromatic carbocycles. The van der Waals surface area contributed by atoms with E-state index in [1.165, 1.54) is 0 Å². The molecule has 5 rings (SSSR count). The molecule has 5 amide bonds. The predicted octanol–water partition coefficient (Wildman–Crippen LogP) is 4.22. The van der Waals surface area contributed by atoms with Gasteiger partial charge in [0.05, 0.1) is 5.69 Å². The van der Waals surface area contributed by atoms with Gasteiger partial charge in [0, 0.05) is 49.2 Å². The van der Waals surface area contributed by atoms with E-state index in [0.29, 0.717) is 32.5 Å². The highest BCUT2D eigenvalue weighted by Crippen LogP contribution is 2.30. The number of anilines is 1. The SMILES string of the molecule is CC(C)(C)OC(=O)NC(C)(C)C(=O)N[C@H](Cc1c[nH]c2ccccc12)C(=O)N1CCC(N2C(=O)NCc3ccccc32)CC1. The van der Waals surface area contributed by atoms with Gasteiger partial charge in [0.15, 0.2) is 0 Å². The van der Waals surface area contributed by atoms with E-state index < -0.39 is 29.2 Å². The highest BCUT2D eigenvalue weighted by atomic mass is 16.6. The van der Waals surface area contributed by atoms with Crippen LogP contribution >= 0.6 is 0 Å². The number of urea groups is 1. The Morgan fingerprint density at radius 3 is 2.41 bits per heavy atom. The van der Waals surface area contributed by atoms with Crippen molar-refractivity contribution in [2.24, 2.45) is 0 Å². The minimum atomic E-state index is -1.34. The number of H-pyrrole nitrogens is 1. The number of nitrogens with zero attached hydrogens (tertiary/aromatic N) is 2. The summed E-state index contributed by atoms with van der Waals surface area (Å²) in [5, 5.41) is 9.49. The van der Waals surface area contributed by atoms with Crippen molar-refractivity contribution in [2.45, 2.75) is 83.6 Å². The molecule has 2 aliphatic rings. The maximum absolute atomic E-state index is 14.1. The lowest BCUT2D eigenvalue weighted by molar-refractivity contribution is -0.138. The fourth-order valence-electron chi connectivity index (χ4n) is 5.86. The number of carbonyl (C=O) groups excluding carboxylic acids is 4. The normalized spacial score (nSPS) is 16.6. The van der Waals surface area contributed by atoms with Crippen LogP contribution in [-0.4, -0.2) is 70.1 Å². The summed E-state index contributed by atoms with van der Waals surface area (Å²) in [5.41, 5.74) is 1.73. The molecule has 0 saturated carbocycles. The zero-order chi connectivity index (χ0) is 31.6. The molecule has 234 valence electrons. The smallest absolute Gasteiger partial charge is 0.408 e. The number of hydrogen-bond donors (Lipinski definition) is 4. The molecule has 1 atom stereocenters. The number of amides is 5. The number of likely N-dealkylation sites (tertiary alicyclic amines) is 1. The summed E-state index contributed by atoms with van der Waals surface area (Å²) in [7, 11) is 0. The summed E-state index contributed by atoms with van der Waals surface area (Å²) in [4.78, 5) is 59.8. The zero-order valence-electron chi connectivity index (χ0n) is 26.0. The third kappa shape index (κ3) is 6.82. The van der Waals surface area contributed by atoms with Gasteiger partial charge in [0.1, 0.15) is 17.2 Å². The van der Waals surface area contributed by atoms with Crippen molar-refractivity contribution in [1.29, 1.82) is 0 Å². The van der Waals surface area contributed by atoms with Crippen LogP contribution in [0.3, 0.4) is 0 Å². The zero-order valence-corrected chi connectivity index (χ0v) is 26.0. The average molecular weight is 603 g/mol. The largest absolute Gasteiger partial charge is 0.444 e. The first kappa shape index (κ1) is 30.9. The Hall–Kier alpha value is -4.54. The number of para-hydroxylation sites is 2. The Morgan fingerprint density at radius 2 is 1.68 bits per heavy atom. The van der Waals surface area contributed by atoms with Crippen molar-refractivity contribution in [3.05, 3.63) is 65.9 Å². The maximum Gasteiger partial charge on any atom is 0.408 e. The van der Waals surface area contributed by atoms with E-state index in [1.807, 2.05) is 59.6 Å². The molecule has 4 N–H and O–H groups in total. The first-order valence-corrected chi connectivity index (χ1v) is 15.1. The van der Waals surface area contributed by atoms with Gasteiger partial charge < -0.3 is 30.6 Å². The number of ether oxygens (including phenoxy) is 1. The molecule has 3 aromatic rings. The minimum Gasteiger partial charge on any atom is -0.444 e. The van der Waals surface area contributed by atoms with Gasteiger partial charge >= 0.3 is 12.1 Å². The number of nitrogens with one attached hydrogen (secondary N) is 4. The highest BCUT2D eigenvalue weighted by molar-refractivity contribution is 5.96. The Labute approximate surface area is 257 Å². The lowest BCUT2D eigenvalue weighted by atomic mass is 9.97. The third-order valence-corrected chi connectivity index (χ3v) is 8.12. The van der Waals surface area contributed by atoms with E-state index >= 15 is 0 Å². The lowest BCUT2D eigenvalue weighted by Gasteiger charge is -2.41. The summed E-state index contributed by atoms with van der Waals surface area (Å²) in [6.45, 7) is 9.76. The molecular weight excluding hydrogens is 560 g/mol. The standard InChI is InChI=1S/C33H42N6O5/c1-32(2,3)44-31(43)37-33(4,5)29(41)36-26(18-22-20-34-25-12-8-7-11-24(22)25)28(40)38-16-14-23(15-17-38)39-27-13-9-6-10-21(27)19-35-30(39)42/h6-13,20,23,26,34H,14-19H2,1-5H3,(H,35,42)(H,36,41)(H,37,43)/t26-/m1/s1. The molecule has 0 unspecified atom stereocenters. The van der Waals surface area contributed by atoms with Gasteiger partial charge in [-0.15, -0.1) is 0 Å². The van der Waals surface area contributed by atoms with Crippen molar-refractivity contribution in [2.75, 3.05) is 18.0 Å². The first-order chi connectivity index (χ1) is 20.8. The summed E-state index contributed by atoms with van der Waals surface area (Å²) < 4.78 is 5.35. The molecule has 3 heterocycles. The van der Waals surface area contributed by atoms with Gasteiger partial charge in [-0.2, -0.15) is 0 Å². The predicted molar refractivity (Wildman–Crippen MR) is 168 cm³/mol. The number of piperidine rings is 1. The van der Waals surface area contributed by atoms with E-state index in [4.69, 9.17) is 4.74 Å². The summed E-state index contributed by atoms with van der Waals surface area (Å²) in [6, 6.07) is 14.6. The molecule has 2 aliphatic heterocycles. The molecule has 1 fully saturated rings. The molecule has 1 saturated heterocycles. The van der Waals surface area contributed by atoms with Crippen LogP contribution in [0.1, 0.15) is 58.6 Å². The number of benzene rings is 2. The van der Waals surface area contributed by atoms with Gasteiger partial charge in [-0.3, -0.25) is 14.5 Å². The quantitative estimate of drug-likeness (QED) is 0.321. The number of aromatic nitrogens is 1. The summed E-state index contributed by atoms with van der Waals surface area (Å²) in [5.74, 6) is -0.711. The molecular formula is C33H42N6O5. The third-order valence-electron chi connectivity index (χ3n) is 8.12. The lowest BCUT2D eigenvalue weighted by Crippen LogP contribution is -2.61. The first-order valence-electron chi connectivity index (χ1n) is 15.1. The number of aromatic amines is 1. The van der Waals surface area contributed by atoms with Crippen molar-refractivity contribution in [3.8, 4) is 0 Å². The Kier molecular flexibility index (Phi) is 8.58. The van der Waals surface area contributed by atoms with Gasteiger partial charge in [-0.05, 0) is 70.7 Å². The van der Waals surface area contributed by atoms with Crippen LogP contribution in [0.4, 0.5) is 15.3 Å². The van der Waals surface area contributed by atoms with Crippen molar-refractivity contribution >= 4 is 40.5 Å². The molecule has 11 heteroatoms. The second-order valence-corrected chi connectivity index (χ2v) is 13.1. The summed E-state index contributed by atoms with van der Waals surface area (Å²) in [6.07, 6.45) is 2.61. The van der Waals surface area contributed by atoms with Gasteiger partial charge in [0.25, 0.3) is 0 Å². The Bertz CT molecular complexity index is 1550. The van der Waals surface area contributed by atoms with Crippen LogP contribution in [0.25, 0.3) is 10.9 Å². The van der Waals surface area contributed by atoms with E-state index in [0.717, 1.165) is 27.7 Å². The topological polar surface area (TPSA) is 136 Å². The van der Waals surface area contributed by atoms with Crippen LogP contribution in [0.15, 0.2) is 54.7 Å². The number of rotatable bonds is 7. The molecule has 0 spiro atoms. The molecule has 0 aliphatic carbocycles. The second kappa shape index (κ2) is 12.2. The van der Waals surface area contributed by atoms with E-state index in [1.54, 1.807) is 39.5 Å². The van der Waals surface area contributed by atoms with E-state index in [2.05, 4.69) is 20.9 Å². The van der Waals surface area contributed by atoms with Crippen molar-refractivity contribution in [1.82, 2.24) is 25.8 Å². The average Bonchev–Trinajstić information content (AvgIpc) is 3.38. The minimum absolute atomic E-state index is 0.0564. The maximum atomic E-state index is 14.1. The van der Waals surface area contributed by atoms with E-state index in [9.17, 15) is 19.2 Å². The Morgan fingerprint density at radius 1 is 1.00 bits per heavy atom. The fourth-order valence-corrected chi connectivity index (χ4v) is 5.86. The molecule has 11 nitrogen and oxygen atoms in total. The van der Waals surface area contributed by atoms with Crippen LogP contribution in [0, 0.1) is 0 Å². The Balaban J connectivity index is 1.32. The van der Waals surface area contributed by atoms with Gasteiger partial charge in [0.2, 0.25) is 11.8 Å². The van der Waals surface area contributed by atoms with Gasteiger partial charge in [-0.25, -0.2) is 9.59 Å². The molecule has 44 heavy (non-hydrogen) atoms. The number of hydrogen-bond acceptors (Lipinski definition) is 5. The second-order valence-electron chi connectivity index (χ2n) is 13.1. The van der Waals surface area contributed by atoms with Crippen molar-refractivity contribution < 1.29 is 23.9 Å². The van der Waals surface area contributed by atoms with Crippen LogP contribution in [0.2, 0.25) is 0 Å². The number of fused-ring (bicyclic) bond motifs is 2. The van der Waals surface area contributed by atoms with Crippen LogP contribution < -0.4 is 20.9 Å². The molecule has 0 radical (unpaired) electrons. The number of alkyl carbamates (subject to hydrolysis) is 1. The monoisotopic (exact) mass is 602 g/mol.